The zero-order valence-electron chi connectivity index (χ0n) is 17.6. The van der Waals surface area contributed by atoms with Crippen LogP contribution in [0.4, 0.5) is 0 Å². The first-order valence-corrected chi connectivity index (χ1v) is 10.5. The van der Waals surface area contributed by atoms with Gasteiger partial charge in [0.15, 0.2) is 0 Å². The number of pyridine rings is 1. The largest absolute Gasteiger partial charge is 0.497 e. The van der Waals surface area contributed by atoms with E-state index in [4.69, 9.17) is 9.47 Å². The van der Waals surface area contributed by atoms with Crippen molar-refractivity contribution >= 4 is 0 Å². The summed E-state index contributed by atoms with van der Waals surface area (Å²) in [5, 5.41) is 0. The van der Waals surface area contributed by atoms with Crippen molar-refractivity contribution in [1.82, 2.24) is 19.4 Å². The van der Waals surface area contributed by atoms with Crippen LogP contribution in [0.2, 0.25) is 0 Å². The van der Waals surface area contributed by atoms with Crippen molar-refractivity contribution in [2.24, 2.45) is 0 Å². The number of methoxy groups -OCH3 is 1. The molecule has 0 aliphatic carbocycles. The van der Waals surface area contributed by atoms with Gasteiger partial charge in [0.1, 0.15) is 5.75 Å². The molecule has 1 aliphatic heterocycles. The Morgan fingerprint density at radius 3 is 2.77 bits per heavy atom. The van der Waals surface area contributed by atoms with E-state index in [1.165, 1.54) is 11.3 Å². The Labute approximate surface area is 178 Å². The van der Waals surface area contributed by atoms with Gasteiger partial charge < -0.3 is 14.0 Å². The zero-order chi connectivity index (χ0) is 20.6. The Balaban J connectivity index is 1.50. The van der Waals surface area contributed by atoms with Gasteiger partial charge in [-0.2, -0.15) is 0 Å². The lowest BCUT2D eigenvalue weighted by Crippen LogP contribution is -2.41. The fourth-order valence-electron chi connectivity index (χ4n) is 3.86. The number of benzene rings is 1. The van der Waals surface area contributed by atoms with Crippen molar-refractivity contribution in [2.75, 3.05) is 46.5 Å². The average molecular weight is 407 g/mol. The molecule has 158 valence electrons. The van der Waals surface area contributed by atoms with E-state index in [1.54, 1.807) is 7.11 Å². The highest BCUT2D eigenvalue weighted by atomic mass is 16.5. The number of aromatic nitrogens is 2. The summed E-state index contributed by atoms with van der Waals surface area (Å²) in [5.74, 6) is 0.867. The van der Waals surface area contributed by atoms with Crippen LogP contribution < -0.4 is 4.74 Å². The molecule has 1 fully saturated rings. The van der Waals surface area contributed by atoms with Gasteiger partial charge in [-0.15, -0.1) is 0 Å². The molecular formula is C24H30N4O2. The fraction of sp³-hybridized carbons (Fsp3) is 0.375. The van der Waals surface area contributed by atoms with Crippen molar-refractivity contribution < 1.29 is 9.47 Å². The Bertz CT molecular complexity index is 906. The fourth-order valence-corrected chi connectivity index (χ4v) is 3.86. The zero-order valence-corrected chi connectivity index (χ0v) is 17.6. The minimum atomic E-state index is 0.835. The summed E-state index contributed by atoms with van der Waals surface area (Å²) in [6.07, 6.45) is 5.91. The van der Waals surface area contributed by atoms with E-state index in [0.29, 0.717) is 0 Å². The maximum absolute atomic E-state index is 5.49. The molecule has 3 heterocycles. The lowest BCUT2D eigenvalue weighted by Gasteiger charge is -2.30. The number of rotatable bonds is 9. The molecule has 4 rings (SSSR count). The molecule has 0 radical (unpaired) electrons. The van der Waals surface area contributed by atoms with Crippen molar-refractivity contribution in [3.8, 4) is 11.4 Å². The van der Waals surface area contributed by atoms with Gasteiger partial charge >= 0.3 is 0 Å². The summed E-state index contributed by atoms with van der Waals surface area (Å²) in [4.78, 5) is 9.28. The highest BCUT2D eigenvalue weighted by molar-refractivity contribution is 5.41. The lowest BCUT2D eigenvalue weighted by atomic mass is 10.2. The molecule has 1 saturated heterocycles. The molecule has 1 aliphatic rings. The predicted octanol–water partition coefficient (Wildman–Crippen LogP) is 3.22. The molecule has 0 bridgehead atoms. The molecular weight excluding hydrogens is 376 g/mol. The molecule has 0 spiro atoms. The smallest absolute Gasteiger partial charge is 0.120 e. The first kappa shape index (κ1) is 20.6. The predicted molar refractivity (Wildman–Crippen MR) is 118 cm³/mol. The second-order valence-corrected chi connectivity index (χ2v) is 7.60. The number of hydrogen-bond acceptors (Lipinski definition) is 5. The Morgan fingerprint density at radius 1 is 1.07 bits per heavy atom. The molecule has 1 aromatic carbocycles. The van der Waals surface area contributed by atoms with Crippen LogP contribution in [0.3, 0.4) is 0 Å². The summed E-state index contributed by atoms with van der Waals surface area (Å²) in [5.41, 5.74) is 3.61. The number of ether oxygens (including phenoxy) is 2. The van der Waals surface area contributed by atoms with Gasteiger partial charge in [-0.25, -0.2) is 0 Å². The quantitative estimate of drug-likeness (QED) is 0.546. The van der Waals surface area contributed by atoms with Crippen LogP contribution in [0.5, 0.6) is 5.75 Å². The van der Waals surface area contributed by atoms with E-state index in [-0.39, 0.29) is 0 Å². The van der Waals surface area contributed by atoms with Crippen LogP contribution in [0.15, 0.2) is 67.1 Å². The highest BCUT2D eigenvalue weighted by Gasteiger charge is 2.15. The van der Waals surface area contributed by atoms with E-state index < -0.39 is 0 Å². The van der Waals surface area contributed by atoms with Crippen molar-refractivity contribution in [1.29, 1.82) is 0 Å². The van der Waals surface area contributed by atoms with Gasteiger partial charge in [0.05, 0.1) is 20.3 Å². The molecule has 0 amide bonds. The van der Waals surface area contributed by atoms with E-state index >= 15 is 0 Å². The molecule has 6 nitrogen and oxygen atoms in total. The first-order chi connectivity index (χ1) is 14.8. The van der Waals surface area contributed by atoms with Crippen molar-refractivity contribution in [3.63, 3.8) is 0 Å². The van der Waals surface area contributed by atoms with Crippen LogP contribution in [0.25, 0.3) is 5.69 Å². The molecule has 3 aromatic rings. The first-order valence-electron chi connectivity index (χ1n) is 10.5. The molecule has 30 heavy (non-hydrogen) atoms. The van der Waals surface area contributed by atoms with E-state index in [2.05, 4.69) is 55.9 Å². The van der Waals surface area contributed by atoms with Gasteiger partial charge in [-0.05, 0) is 35.9 Å². The van der Waals surface area contributed by atoms with Crippen molar-refractivity contribution in [3.05, 3.63) is 78.4 Å². The van der Waals surface area contributed by atoms with Crippen LogP contribution in [0.1, 0.15) is 11.3 Å². The second-order valence-electron chi connectivity index (χ2n) is 7.60. The second kappa shape index (κ2) is 10.4. The van der Waals surface area contributed by atoms with Gasteiger partial charge in [-0.3, -0.25) is 14.8 Å². The Hall–Kier alpha value is -2.67. The third kappa shape index (κ3) is 5.48. The van der Waals surface area contributed by atoms with Crippen LogP contribution in [-0.2, 0) is 17.8 Å². The summed E-state index contributed by atoms with van der Waals surface area (Å²) in [6, 6.07) is 16.7. The average Bonchev–Trinajstić information content (AvgIpc) is 3.27. The summed E-state index contributed by atoms with van der Waals surface area (Å²) in [6.45, 7) is 7.48. The summed E-state index contributed by atoms with van der Waals surface area (Å²) < 4.78 is 13.1. The van der Waals surface area contributed by atoms with Gasteiger partial charge in [0, 0.05) is 75.3 Å². The normalized spacial score (nSPS) is 14.9. The van der Waals surface area contributed by atoms with E-state index in [9.17, 15) is 0 Å². The standard InChI is InChI=1S/C24H30N4O2/c1-29-24-8-2-6-22(17-24)28-10-4-7-23(28)20-27(19-21-5-3-9-25-18-21)12-11-26-13-15-30-16-14-26/h2-10,17-18H,11-16,19-20H2,1H3. The molecule has 0 saturated carbocycles. The van der Waals surface area contributed by atoms with E-state index in [1.807, 2.05) is 30.6 Å². The third-order valence-electron chi connectivity index (χ3n) is 5.52. The molecule has 0 atom stereocenters. The number of hydrogen-bond donors (Lipinski definition) is 0. The third-order valence-corrected chi connectivity index (χ3v) is 5.52. The molecule has 0 unspecified atom stereocenters. The highest BCUT2D eigenvalue weighted by Crippen LogP contribution is 2.20. The SMILES string of the molecule is COc1cccc(-n2cccc2CN(CCN2CCOCC2)Cc2cccnc2)c1. The van der Waals surface area contributed by atoms with Crippen LogP contribution >= 0.6 is 0 Å². The number of nitrogens with zero attached hydrogens (tertiary/aromatic N) is 4. The maximum Gasteiger partial charge on any atom is 0.120 e. The van der Waals surface area contributed by atoms with E-state index in [0.717, 1.165) is 63.9 Å². The molecule has 6 heteroatoms. The van der Waals surface area contributed by atoms with Crippen LogP contribution in [-0.4, -0.2) is 65.9 Å². The monoisotopic (exact) mass is 406 g/mol. The Morgan fingerprint density at radius 2 is 1.97 bits per heavy atom. The minimum Gasteiger partial charge on any atom is -0.497 e. The van der Waals surface area contributed by atoms with Gasteiger partial charge in [0.25, 0.3) is 0 Å². The number of morpholine rings is 1. The minimum absolute atomic E-state index is 0.835. The summed E-state index contributed by atoms with van der Waals surface area (Å²) in [7, 11) is 1.71. The summed E-state index contributed by atoms with van der Waals surface area (Å²) >= 11 is 0. The Kier molecular flexibility index (Phi) is 7.13. The molecule has 0 N–H and O–H groups in total. The van der Waals surface area contributed by atoms with Crippen molar-refractivity contribution in [2.45, 2.75) is 13.1 Å². The maximum atomic E-state index is 5.49. The lowest BCUT2D eigenvalue weighted by molar-refractivity contribution is 0.0324. The topological polar surface area (TPSA) is 42.8 Å². The molecule has 2 aromatic heterocycles. The van der Waals surface area contributed by atoms with Gasteiger partial charge in [-0.1, -0.05) is 12.1 Å². The van der Waals surface area contributed by atoms with Crippen LogP contribution in [0, 0.1) is 0 Å². The van der Waals surface area contributed by atoms with Gasteiger partial charge in [0.2, 0.25) is 0 Å².